The molecule has 2 atom stereocenters. The molecule has 4 rings (SSSR count). The van der Waals surface area contributed by atoms with E-state index in [9.17, 15) is 14.4 Å². The monoisotopic (exact) mass is 475 g/mol. The van der Waals surface area contributed by atoms with Crippen molar-refractivity contribution in [2.75, 3.05) is 13.1 Å². The Morgan fingerprint density at radius 3 is 2.62 bits per heavy atom. The van der Waals surface area contributed by atoms with Crippen molar-refractivity contribution in [1.82, 2.24) is 15.1 Å². The molecule has 2 aliphatic heterocycles. The molecule has 2 fully saturated rings. The number of nitrogens with one attached hydrogen (secondary N) is 1. The lowest BCUT2D eigenvalue weighted by molar-refractivity contribution is -0.139. The first-order valence-electron chi connectivity index (χ1n) is 10.0. The molecule has 2 amide bonds. The lowest BCUT2D eigenvalue weighted by atomic mass is 9.88. The Morgan fingerprint density at radius 2 is 1.97 bits per heavy atom. The lowest BCUT2D eigenvalue weighted by Gasteiger charge is -2.30. The third-order valence-corrected chi connectivity index (χ3v) is 6.14. The van der Waals surface area contributed by atoms with Crippen LogP contribution < -0.4 is 5.32 Å². The summed E-state index contributed by atoms with van der Waals surface area (Å²) in [6.45, 7) is 3.41. The summed E-state index contributed by atoms with van der Waals surface area (Å²) in [6, 6.07) is 7.46. The second-order valence-electron chi connectivity index (χ2n) is 8.70. The largest absolute Gasteiger partial charge is 0.480 e. The second-order valence-corrected chi connectivity index (χ2v) is 9.50. The van der Waals surface area contributed by atoms with Crippen molar-refractivity contribution in [1.29, 1.82) is 0 Å². The molecule has 3 aliphatic rings. The van der Waals surface area contributed by atoms with Gasteiger partial charge in [0.2, 0.25) is 12.1 Å². The second kappa shape index (κ2) is 8.31. The van der Waals surface area contributed by atoms with Crippen LogP contribution in [-0.2, 0) is 19.1 Å². The fourth-order valence-electron chi connectivity index (χ4n) is 4.05. The van der Waals surface area contributed by atoms with E-state index in [1.54, 1.807) is 4.90 Å². The lowest BCUT2D eigenvalue weighted by Crippen LogP contribution is -2.43. The van der Waals surface area contributed by atoms with Crippen LogP contribution in [0.1, 0.15) is 25.8 Å². The first-order valence-corrected chi connectivity index (χ1v) is 10.8. The van der Waals surface area contributed by atoms with E-state index in [2.05, 4.69) is 5.32 Å². The standard InChI is InChI=1S/C22H22ClN3O5S/c1-22(2,9-17(27)24-10-18(28)29)11-25-19(30)20-26(21(25)32)15-7-13(8-16(15)31-20)12-3-5-14(23)6-4-12/h3-8,16,20H,9-11H2,1-2H3,(H,24,27)(H,28,29). The first-order chi connectivity index (χ1) is 15.1. The van der Waals surface area contributed by atoms with Crippen LogP contribution in [0.15, 0.2) is 42.1 Å². The number of carboxylic acid groups (broad SMARTS) is 1. The highest BCUT2D eigenvalue weighted by molar-refractivity contribution is 7.80. The van der Waals surface area contributed by atoms with Crippen LogP contribution in [0.4, 0.5) is 0 Å². The third-order valence-electron chi connectivity index (χ3n) is 5.47. The predicted octanol–water partition coefficient (Wildman–Crippen LogP) is 2.39. The van der Waals surface area contributed by atoms with Crippen molar-refractivity contribution in [2.24, 2.45) is 5.41 Å². The molecule has 10 heteroatoms. The molecule has 0 aromatic heterocycles. The van der Waals surface area contributed by atoms with Crippen LogP contribution in [0.2, 0.25) is 5.02 Å². The van der Waals surface area contributed by atoms with E-state index in [1.807, 2.05) is 50.3 Å². The number of fused-ring (bicyclic) bond motifs is 3. The number of rotatable bonds is 7. The van der Waals surface area contributed by atoms with Crippen LogP contribution >= 0.6 is 23.8 Å². The van der Waals surface area contributed by atoms with Gasteiger partial charge in [-0.2, -0.15) is 0 Å². The minimum absolute atomic E-state index is 0.0474. The van der Waals surface area contributed by atoms with Crippen molar-refractivity contribution >= 4 is 52.3 Å². The quantitative estimate of drug-likeness (QED) is 0.584. The van der Waals surface area contributed by atoms with Gasteiger partial charge in [-0.1, -0.05) is 37.6 Å². The van der Waals surface area contributed by atoms with Gasteiger partial charge in [0.25, 0.3) is 5.91 Å². The van der Waals surface area contributed by atoms with Gasteiger partial charge in [0, 0.05) is 18.0 Å². The molecule has 8 nitrogen and oxygen atoms in total. The van der Waals surface area contributed by atoms with Crippen molar-refractivity contribution in [3.05, 3.63) is 52.7 Å². The molecule has 1 aromatic carbocycles. The van der Waals surface area contributed by atoms with Crippen LogP contribution in [0.5, 0.6) is 0 Å². The molecular formula is C22H22ClN3O5S. The van der Waals surface area contributed by atoms with Crippen molar-refractivity contribution < 1.29 is 24.2 Å². The Hall–Kier alpha value is -2.75. The summed E-state index contributed by atoms with van der Waals surface area (Å²) in [5.74, 6) is -1.79. The van der Waals surface area contributed by atoms with E-state index in [4.69, 9.17) is 33.7 Å². The first kappa shape index (κ1) is 22.4. The molecule has 0 radical (unpaired) electrons. The number of nitrogens with zero attached hydrogens (tertiary/aromatic N) is 2. The molecule has 2 N–H and O–H groups in total. The van der Waals surface area contributed by atoms with Crippen LogP contribution in [-0.4, -0.2) is 63.2 Å². The predicted molar refractivity (Wildman–Crippen MR) is 121 cm³/mol. The normalized spacial score (nSPS) is 22.0. The molecule has 1 aromatic rings. The number of aliphatic carboxylic acids is 1. The number of benzene rings is 1. The molecule has 168 valence electrons. The third kappa shape index (κ3) is 4.28. The van der Waals surface area contributed by atoms with Gasteiger partial charge < -0.3 is 15.2 Å². The van der Waals surface area contributed by atoms with Crippen LogP contribution in [0, 0.1) is 5.41 Å². The number of hydrogen-bond donors (Lipinski definition) is 2. The summed E-state index contributed by atoms with van der Waals surface area (Å²) in [6.07, 6.45) is 2.78. The zero-order chi connectivity index (χ0) is 23.2. The van der Waals surface area contributed by atoms with E-state index < -0.39 is 30.1 Å². The zero-order valence-electron chi connectivity index (χ0n) is 17.5. The van der Waals surface area contributed by atoms with Gasteiger partial charge in [0.1, 0.15) is 12.6 Å². The molecule has 0 saturated carbocycles. The fourth-order valence-corrected chi connectivity index (χ4v) is 4.53. The summed E-state index contributed by atoms with van der Waals surface area (Å²) < 4.78 is 5.99. The fraction of sp³-hybridized carbons (Fsp3) is 0.364. The minimum Gasteiger partial charge on any atom is -0.480 e. The number of hydrogen-bond acceptors (Lipinski definition) is 5. The van der Waals surface area contributed by atoms with Gasteiger partial charge in [0.15, 0.2) is 5.11 Å². The molecule has 32 heavy (non-hydrogen) atoms. The maximum absolute atomic E-state index is 13.0. The van der Waals surface area contributed by atoms with E-state index in [0.29, 0.717) is 10.1 Å². The van der Waals surface area contributed by atoms with Gasteiger partial charge in [-0.25, -0.2) is 0 Å². The molecular weight excluding hydrogens is 454 g/mol. The Balaban J connectivity index is 1.46. The Labute approximate surface area is 195 Å². The van der Waals surface area contributed by atoms with Gasteiger partial charge >= 0.3 is 5.97 Å². The van der Waals surface area contributed by atoms with E-state index in [1.165, 1.54) is 4.90 Å². The summed E-state index contributed by atoms with van der Waals surface area (Å²) in [5.41, 5.74) is 2.12. The average molecular weight is 476 g/mol. The van der Waals surface area contributed by atoms with Gasteiger partial charge in [0.05, 0.1) is 5.70 Å². The number of halogens is 1. The van der Waals surface area contributed by atoms with Crippen LogP contribution in [0.3, 0.4) is 0 Å². The van der Waals surface area contributed by atoms with E-state index in [-0.39, 0.29) is 25.0 Å². The van der Waals surface area contributed by atoms with Gasteiger partial charge in [-0.15, -0.1) is 0 Å². The number of thiocarbonyl (C=S) groups is 1. The summed E-state index contributed by atoms with van der Waals surface area (Å²) in [5, 5.41) is 12.0. The molecule has 0 bridgehead atoms. The maximum Gasteiger partial charge on any atom is 0.322 e. The molecule has 2 saturated heterocycles. The molecule has 2 unspecified atom stereocenters. The highest BCUT2D eigenvalue weighted by atomic mass is 35.5. The Bertz CT molecular complexity index is 1070. The summed E-state index contributed by atoms with van der Waals surface area (Å²) >= 11 is 11.6. The van der Waals surface area contributed by atoms with Crippen molar-refractivity contribution in [3.63, 3.8) is 0 Å². The summed E-state index contributed by atoms with van der Waals surface area (Å²) in [4.78, 5) is 38.9. The van der Waals surface area contributed by atoms with Gasteiger partial charge in [-0.3, -0.25) is 24.2 Å². The minimum atomic E-state index is -1.11. The number of ether oxygens (including phenoxy) is 1. The number of carbonyl (C=O) groups excluding carboxylic acids is 2. The maximum atomic E-state index is 13.0. The smallest absolute Gasteiger partial charge is 0.322 e. The average Bonchev–Trinajstić information content (AvgIpc) is 3.33. The van der Waals surface area contributed by atoms with Crippen LogP contribution in [0.25, 0.3) is 5.57 Å². The zero-order valence-corrected chi connectivity index (χ0v) is 19.1. The summed E-state index contributed by atoms with van der Waals surface area (Å²) in [7, 11) is 0. The van der Waals surface area contributed by atoms with Crippen molar-refractivity contribution in [2.45, 2.75) is 32.6 Å². The van der Waals surface area contributed by atoms with E-state index in [0.717, 1.165) is 16.8 Å². The van der Waals surface area contributed by atoms with E-state index >= 15 is 0 Å². The number of carboxylic acids is 1. The number of allylic oxidation sites excluding steroid dienone is 2. The highest BCUT2D eigenvalue weighted by Gasteiger charge is 2.53. The molecule has 0 spiro atoms. The molecule has 1 aliphatic carbocycles. The van der Waals surface area contributed by atoms with Crippen molar-refractivity contribution in [3.8, 4) is 0 Å². The topological polar surface area (TPSA) is 99.2 Å². The highest BCUT2D eigenvalue weighted by Crippen LogP contribution is 2.42. The van der Waals surface area contributed by atoms with Gasteiger partial charge in [-0.05, 0) is 53.1 Å². The number of carbonyl (C=O) groups is 3. The SMILES string of the molecule is CC(C)(CC(=O)NCC(=O)O)CN1C(=O)C2OC3C=C(c4ccc(Cl)cc4)C=C3N2C1=S. The Kier molecular flexibility index (Phi) is 5.83. The molecule has 2 heterocycles. The number of amides is 2. The Morgan fingerprint density at radius 1 is 1.28 bits per heavy atom.